The van der Waals surface area contributed by atoms with Crippen molar-refractivity contribution in [2.24, 2.45) is 23.7 Å². The van der Waals surface area contributed by atoms with E-state index in [9.17, 15) is 9.59 Å². The predicted molar refractivity (Wildman–Crippen MR) is 76.4 cm³/mol. The molecule has 0 unspecified atom stereocenters. The minimum absolute atomic E-state index is 0.159. The Kier molecular flexibility index (Phi) is 2.51. The Labute approximate surface area is 126 Å². The fraction of sp³-hybridized carbons (Fsp3) is 0.312. The lowest BCUT2D eigenvalue weighted by atomic mass is 9.85. The van der Waals surface area contributed by atoms with Crippen LogP contribution in [-0.4, -0.2) is 11.8 Å². The standard InChI is InChI=1S/C16H11ClN2O2/c17-11-5-8(7-18)1-4-12(11)19-15(20)13-9-2-3-10(6-9)14(13)16(19)21/h1-5,9-10,13-14H,6H2/t9-,10-,13-,14+/m1/s1. The van der Waals surface area contributed by atoms with Crippen LogP contribution in [0.2, 0.25) is 5.02 Å². The number of carbonyl (C=O) groups excluding carboxylic acids is 2. The lowest BCUT2D eigenvalue weighted by Gasteiger charge is -2.18. The Balaban J connectivity index is 1.76. The quantitative estimate of drug-likeness (QED) is 0.591. The van der Waals surface area contributed by atoms with Crippen LogP contribution in [0, 0.1) is 35.0 Å². The second kappa shape index (κ2) is 4.19. The molecule has 1 aliphatic heterocycles. The van der Waals surface area contributed by atoms with Gasteiger partial charge in [-0.05, 0) is 36.5 Å². The monoisotopic (exact) mass is 298 g/mol. The number of benzene rings is 1. The molecule has 104 valence electrons. The van der Waals surface area contributed by atoms with Gasteiger partial charge in [0.15, 0.2) is 0 Å². The number of nitrogens with zero attached hydrogens (tertiary/aromatic N) is 2. The summed E-state index contributed by atoms with van der Waals surface area (Å²) >= 11 is 6.15. The average molecular weight is 299 g/mol. The molecule has 0 aromatic heterocycles. The largest absolute Gasteiger partial charge is 0.274 e. The summed E-state index contributed by atoms with van der Waals surface area (Å²) in [5.74, 6) is -0.433. The molecule has 0 spiro atoms. The first-order valence-electron chi connectivity index (χ1n) is 6.87. The van der Waals surface area contributed by atoms with Crippen LogP contribution in [0.1, 0.15) is 12.0 Å². The summed E-state index contributed by atoms with van der Waals surface area (Å²) in [5, 5.41) is 9.13. The van der Waals surface area contributed by atoms with E-state index in [1.54, 1.807) is 12.1 Å². The molecule has 3 aliphatic rings. The molecule has 4 atom stereocenters. The molecule has 5 heteroatoms. The molecule has 1 heterocycles. The number of imide groups is 1. The Bertz CT molecular complexity index is 719. The van der Waals surface area contributed by atoms with Crippen LogP contribution in [-0.2, 0) is 9.59 Å². The normalized spacial score (nSPS) is 32.7. The zero-order valence-electron chi connectivity index (χ0n) is 11.0. The molecular formula is C16H11ClN2O2. The maximum absolute atomic E-state index is 12.6. The first-order valence-corrected chi connectivity index (χ1v) is 7.25. The molecule has 0 radical (unpaired) electrons. The highest BCUT2D eigenvalue weighted by atomic mass is 35.5. The summed E-state index contributed by atoms with van der Waals surface area (Å²) in [6.45, 7) is 0. The summed E-state index contributed by atoms with van der Waals surface area (Å²) in [7, 11) is 0. The van der Waals surface area contributed by atoms with Gasteiger partial charge in [0, 0.05) is 0 Å². The first-order chi connectivity index (χ1) is 10.1. The van der Waals surface area contributed by atoms with Gasteiger partial charge in [-0.25, -0.2) is 4.90 Å². The lowest BCUT2D eigenvalue weighted by Crippen LogP contribution is -2.33. The third-order valence-electron chi connectivity index (χ3n) is 4.79. The van der Waals surface area contributed by atoms with Crippen molar-refractivity contribution < 1.29 is 9.59 Å². The van der Waals surface area contributed by atoms with Crippen LogP contribution in [0.25, 0.3) is 0 Å². The highest BCUT2D eigenvalue weighted by Gasteiger charge is 2.59. The minimum Gasteiger partial charge on any atom is -0.274 e. The van der Waals surface area contributed by atoms with E-state index in [4.69, 9.17) is 16.9 Å². The van der Waals surface area contributed by atoms with Crippen molar-refractivity contribution in [3.63, 3.8) is 0 Å². The van der Waals surface area contributed by atoms with E-state index in [2.05, 4.69) is 12.2 Å². The topological polar surface area (TPSA) is 61.2 Å². The molecule has 1 aromatic rings. The van der Waals surface area contributed by atoms with E-state index in [1.807, 2.05) is 6.07 Å². The number of rotatable bonds is 1. The van der Waals surface area contributed by atoms with Gasteiger partial charge in [0.2, 0.25) is 11.8 Å². The van der Waals surface area contributed by atoms with Gasteiger partial charge in [-0.1, -0.05) is 23.8 Å². The van der Waals surface area contributed by atoms with Crippen LogP contribution in [0.3, 0.4) is 0 Å². The average Bonchev–Trinajstić information content (AvgIpc) is 3.14. The minimum atomic E-state index is -0.237. The van der Waals surface area contributed by atoms with Crippen LogP contribution in [0.15, 0.2) is 30.4 Å². The molecule has 1 aromatic carbocycles. The fourth-order valence-corrected chi connectivity index (χ4v) is 4.16. The van der Waals surface area contributed by atoms with Crippen LogP contribution in [0.5, 0.6) is 0 Å². The van der Waals surface area contributed by atoms with Gasteiger partial charge in [-0.15, -0.1) is 0 Å². The zero-order chi connectivity index (χ0) is 14.7. The van der Waals surface area contributed by atoms with Crippen LogP contribution in [0.4, 0.5) is 5.69 Å². The number of allylic oxidation sites excluding steroid dienone is 2. The number of fused-ring (bicyclic) bond motifs is 5. The van der Waals surface area contributed by atoms with E-state index in [0.717, 1.165) is 6.42 Å². The van der Waals surface area contributed by atoms with E-state index in [0.29, 0.717) is 11.3 Å². The van der Waals surface area contributed by atoms with Crippen molar-refractivity contribution in [2.45, 2.75) is 6.42 Å². The van der Waals surface area contributed by atoms with E-state index in [-0.39, 0.29) is 40.5 Å². The van der Waals surface area contributed by atoms with Gasteiger partial charge in [0.1, 0.15) is 0 Å². The lowest BCUT2D eigenvalue weighted by molar-refractivity contribution is -0.123. The summed E-state index contributed by atoms with van der Waals surface area (Å²) < 4.78 is 0. The van der Waals surface area contributed by atoms with Crippen molar-refractivity contribution in [2.75, 3.05) is 4.90 Å². The van der Waals surface area contributed by atoms with Gasteiger partial charge in [0.25, 0.3) is 0 Å². The molecular weight excluding hydrogens is 288 g/mol. The number of hydrogen-bond donors (Lipinski definition) is 0. The van der Waals surface area contributed by atoms with Crippen molar-refractivity contribution >= 4 is 29.1 Å². The van der Waals surface area contributed by atoms with Gasteiger partial charge in [0.05, 0.1) is 34.2 Å². The smallest absolute Gasteiger partial charge is 0.238 e. The SMILES string of the molecule is N#Cc1ccc(N2C(=O)[C@@H]3[C@H](C2=O)[C@@H]2C=C[C@@H]3C2)c(Cl)c1. The van der Waals surface area contributed by atoms with Crippen LogP contribution < -0.4 is 4.90 Å². The predicted octanol–water partition coefficient (Wildman–Crippen LogP) is 2.52. The molecule has 4 nitrogen and oxygen atoms in total. The second-order valence-electron chi connectivity index (χ2n) is 5.79. The molecule has 2 bridgehead atoms. The molecule has 2 fully saturated rings. The third kappa shape index (κ3) is 1.55. The number of hydrogen-bond acceptors (Lipinski definition) is 3. The Morgan fingerprint density at radius 2 is 1.76 bits per heavy atom. The number of halogens is 1. The molecule has 0 N–H and O–H groups in total. The van der Waals surface area contributed by atoms with E-state index >= 15 is 0 Å². The van der Waals surface area contributed by atoms with Gasteiger partial charge >= 0.3 is 0 Å². The molecule has 21 heavy (non-hydrogen) atoms. The van der Waals surface area contributed by atoms with Crippen molar-refractivity contribution in [3.05, 3.63) is 40.9 Å². The highest BCUT2D eigenvalue weighted by molar-refractivity contribution is 6.36. The van der Waals surface area contributed by atoms with Gasteiger partial charge in [-0.3, -0.25) is 9.59 Å². The van der Waals surface area contributed by atoms with Crippen LogP contribution >= 0.6 is 11.6 Å². The Hall–Kier alpha value is -2.12. The van der Waals surface area contributed by atoms with E-state index < -0.39 is 0 Å². The molecule has 2 aliphatic carbocycles. The summed E-state index contributed by atoms with van der Waals surface area (Å²) in [6, 6.07) is 6.62. The van der Waals surface area contributed by atoms with Crippen molar-refractivity contribution in [3.8, 4) is 6.07 Å². The second-order valence-corrected chi connectivity index (χ2v) is 6.20. The number of nitriles is 1. The Morgan fingerprint density at radius 1 is 1.14 bits per heavy atom. The van der Waals surface area contributed by atoms with Crippen molar-refractivity contribution in [1.29, 1.82) is 5.26 Å². The van der Waals surface area contributed by atoms with Crippen molar-refractivity contribution in [1.82, 2.24) is 0 Å². The first kappa shape index (κ1) is 12.6. The number of anilines is 1. The Morgan fingerprint density at radius 3 is 2.29 bits per heavy atom. The fourth-order valence-electron chi connectivity index (χ4n) is 3.90. The summed E-state index contributed by atoms with van der Waals surface area (Å²) in [4.78, 5) is 26.5. The van der Waals surface area contributed by atoms with E-state index in [1.165, 1.54) is 11.0 Å². The molecule has 1 saturated carbocycles. The summed E-state index contributed by atoms with van der Waals surface area (Å²) in [6.07, 6.45) is 5.02. The molecule has 4 rings (SSSR count). The maximum atomic E-state index is 12.6. The van der Waals surface area contributed by atoms with Gasteiger partial charge in [-0.2, -0.15) is 5.26 Å². The maximum Gasteiger partial charge on any atom is 0.238 e. The number of amides is 2. The highest BCUT2D eigenvalue weighted by Crippen LogP contribution is 2.53. The summed E-state index contributed by atoms with van der Waals surface area (Å²) in [5.41, 5.74) is 0.796. The molecule has 2 amide bonds. The van der Waals surface area contributed by atoms with Gasteiger partial charge < -0.3 is 0 Å². The zero-order valence-corrected chi connectivity index (χ0v) is 11.7. The number of carbonyl (C=O) groups is 2. The molecule has 1 saturated heterocycles. The third-order valence-corrected chi connectivity index (χ3v) is 5.09.